The first-order valence-corrected chi connectivity index (χ1v) is 10.5. The number of aliphatic hydroxyl groups is 1. The Bertz CT molecular complexity index is 1070. The lowest BCUT2D eigenvalue weighted by Crippen LogP contribution is -2.49. The van der Waals surface area contributed by atoms with Crippen LogP contribution in [0.4, 0.5) is 0 Å². The summed E-state index contributed by atoms with van der Waals surface area (Å²) in [6.45, 7) is 2.53. The number of hydrogen-bond acceptors (Lipinski definition) is 7. The Hall–Kier alpha value is -2.68. The van der Waals surface area contributed by atoms with E-state index in [9.17, 15) is 9.90 Å². The van der Waals surface area contributed by atoms with Crippen molar-refractivity contribution < 1.29 is 24.1 Å². The molecule has 2 heterocycles. The van der Waals surface area contributed by atoms with Crippen molar-refractivity contribution in [3.05, 3.63) is 52.5 Å². The number of carbonyl (C=O) groups excluding carboxylic acids is 1. The van der Waals surface area contributed by atoms with Gasteiger partial charge in [0.25, 0.3) is 5.91 Å². The third-order valence-electron chi connectivity index (χ3n) is 5.28. The minimum Gasteiger partial charge on any atom is -0.493 e. The molecule has 1 fully saturated rings. The molecule has 3 aromatic rings. The molecule has 0 aliphatic carbocycles. The Kier molecular flexibility index (Phi) is 5.90. The molecule has 1 amide bonds. The lowest BCUT2D eigenvalue weighted by molar-refractivity contribution is -0.0811. The van der Waals surface area contributed by atoms with Crippen LogP contribution in [0, 0.1) is 6.92 Å². The number of aryl methyl sites for hydroxylation is 1. The van der Waals surface area contributed by atoms with Gasteiger partial charge in [0, 0.05) is 12.1 Å². The van der Waals surface area contributed by atoms with Crippen LogP contribution in [0.3, 0.4) is 0 Å². The summed E-state index contributed by atoms with van der Waals surface area (Å²) < 4.78 is 17.6. The molecule has 2 atom stereocenters. The van der Waals surface area contributed by atoms with Crippen LogP contribution in [0.15, 0.2) is 36.4 Å². The van der Waals surface area contributed by atoms with Gasteiger partial charge in [0.15, 0.2) is 11.5 Å². The SMILES string of the molecule is COc1ccc([C@@H]2[C@@H](CO)OCCN2C(=O)c2ccc3sc(C)nc3c2)cc1OC. The van der Waals surface area contributed by atoms with E-state index in [0.717, 1.165) is 20.8 Å². The van der Waals surface area contributed by atoms with Gasteiger partial charge in [-0.05, 0) is 42.8 Å². The lowest BCUT2D eigenvalue weighted by atomic mass is 9.96. The molecule has 0 radical (unpaired) electrons. The number of nitrogens with zero attached hydrogens (tertiary/aromatic N) is 2. The first-order valence-electron chi connectivity index (χ1n) is 9.68. The smallest absolute Gasteiger partial charge is 0.254 e. The quantitative estimate of drug-likeness (QED) is 0.672. The maximum absolute atomic E-state index is 13.5. The van der Waals surface area contributed by atoms with Crippen molar-refractivity contribution in [1.29, 1.82) is 0 Å². The minimum atomic E-state index is -0.536. The first kappa shape index (κ1) is 20.6. The van der Waals surface area contributed by atoms with Gasteiger partial charge in [0.05, 0.1) is 48.7 Å². The van der Waals surface area contributed by atoms with Crippen LogP contribution in [0.5, 0.6) is 11.5 Å². The van der Waals surface area contributed by atoms with E-state index < -0.39 is 12.1 Å². The number of thiazole rings is 1. The van der Waals surface area contributed by atoms with Crippen molar-refractivity contribution in [3.63, 3.8) is 0 Å². The number of fused-ring (bicyclic) bond motifs is 1. The van der Waals surface area contributed by atoms with Crippen LogP contribution in [0.2, 0.25) is 0 Å². The zero-order chi connectivity index (χ0) is 21.3. The third kappa shape index (κ3) is 3.74. The summed E-state index contributed by atoms with van der Waals surface area (Å²) in [6.07, 6.45) is -0.536. The number of aromatic nitrogens is 1. The number of aliphatic hydroxyl groups excluding tert-OH is 1. The number of amides is 1. The number of benzene rings is 2. The Morgan fingerprint density at radius 1 is 1.23 bits per heavy atom. The van der Waals surface area contributed by atoms with Gasteiger partial charge in [0.1, 0.15) is 6.10 Å². The van der Waals surface area contributed by atoms with Gasteiger partial charge in [-0.1, -0.05) is 6.07 Å². The second-order valence-electron chi connectivity index (χ2n) is 7.07. The van der Waals surface area contributed by atoms with Crippen molar-refractivity contribution in [3.8, 4) is 11.5 Å². The number of carbonyl (C=O) groups is 1. The zero-order valence-electron chi connectivity index (χ0n) is 17.1. The summed E-state index contributed by atoms with van der Waals surface area (Å²) in [5.41, 5.74) is 2.19. The number of rotatable bonds is 5. The fourth-order valence-electron chi connectivity index (χ4n) is 3.89. The second kappa shape index (κ2) is 8.59. The molecule has 1 N–H and O–H groups in total. The molecule has 1 aliphatic heterocycles. The molecule has 1 aromatic heterocycles. The molecule has 0 saturated carbocycles. The highest BCUT2D eigenvalue weighted by molar-refractivity contribution is 7.18. The maximum Gasteiger partial charge on any atom is 0.254 e. The molecular weight excluding hydrogens is 404 g/mol. The summed E-state index contributed by atoms with van der Waals surface area (Å²) >= 11 is 1.60. The monoisotopic (exact) mass is 428 g/mol. The number of ether oxygens (including phenoxy) is 3. The van der Waals surface area contributed by atoms with E-state index in [-0.39, 0.29) is 12.5 Å². The molecule has 4 rings (SSSR count). The minimum absolute atomic E-state index is 0.121. The topological polar surface area (TPSA) is 81.1 Å². The number of morpholine rings is 1. The van der Waals surface area contributed by atoms with Crippen molar-refractivity contribution in [2.75, 3.05) is 34.0 Å². The molecule has 8 heteroatoms. The van der Waals surface area contributed by atoms with E-state index in [2.05, 4.69) is 4.98 Å². The highest BCUT2D eigenvalue weighted by atomic mass is 32.1. The molecule has 2 aromatic carbocycles. The highest BCUT2D eigenvalue weighted by Gasteiger charge is 2.37. The molecule has 0 unspecified atom stereocenters. The van der Waals surface area contributed by atoms with Crippen molar-refractivity contribution in [2.24, 2.45) is 0 Å². The van der Waals surface area contributed by atoms with Crippen LogP contribution < -0.4 is 9.47 Å². The van der Waals surface area contributed by atoms with Gasteiger partial charge < -0.3 is 24.2 Å². The van der Waals surface area contributed by atoms with Gasteiger partial charge >= 0.3 is 0 Å². The van der Waals surface area contributed by atoms with Crippen LogP contribution in [0.1, 0.15) is 27.0 Å². The fourth-order valence-corrected chi connectivity index (χ4v) is 4.69. The molecule has 1 saturated heterocycles. The average molecular weight is 429 g/mol. The number of hydrogen-bond donors (Lipinski definition) is 1. The van der Waals surface area contributed by atoms with Crippen LogP contribution >= 0.6 is 11.3 Å². The third-order valence-corrected chi connectivity index (χ3v) is 6.24. The summed E-state index contributed by atoms with van der Waals surface area (Å²) in [4.78, 5) is 19.7. The maximum atomic E-state index is 13.5. The number of methoxy groups -OCH3 is 2. The second-order valence-corrected chi connectivity index (χ2v) is 8.30. The van der Waals surface area contributed by atoms with Gasteiger partial charge in [-0.3, -0.25) is 4.79 Å². The Balaban J connectivity index is 1.72. The van der Waals surface area contributed by atoms with Crippen LogP contribution in [0.25, 0.3) is 10.2 Å². The average Bonchev–Trinajstić information content (AvgIpc) is 3.16. The van der Waals surface area contributed by atoms with E-state index in [4.69, 9.17) is 14.2 Å². The summed E-state index contributed by atoms with van der Waals surface area (Å²) in [5.74, 6) is 1.04. The summed E-state index contributed by atoms with van der Waals surface area (Å²) in [7, 11) is 3.14. The van der Waals surface area contributed by atoms with E-state index in [1.54, 1.807) is 36.5 Å². The van der Waals surface area contributed by atoms with Crippen molar-refractivity contribution in [2.45, 2.75) is 19.1 Å². The van der Waals surface area contributed by atoms with E-state index >= 15 is 0 Å². The molecule has 7 nitrogen and oxygen atoms in total. The molecule has 0 bridgehead atoms. The van der Waals surface area contributed by atoms with E-state index in [1.807, 2.05) is 37.3 Å². The zero-order valence-corrected chi connectivity index (χ0v) is 17.9. The molecule has 158 valence electrons. The first-order chi connectivity index (χ1) is 14.5. The fraction of sp³-hybridized carbons (Fsp3) is 0.364. The molecule has 1 aliphatic rings. The van der Waals surface area contributed by atoms with Crippen LogP contribution in [-0.2, 0) is 4.74 Å². The van der Waals surface area contributed by atoms with Crippen LogP contribution in [-0.4, -0.2) is 61.0 Å². The van der Waals surface area contributed by atoms with Gasteiger partial charge in [0.2, 0.25) is 0 Å². The largest absolute Gasteiger partial charge is 0.493 e. The van der Waals surface area contributed by atoms with Gasteiger partial charge in [-0.15, -0.1) is 11.3 Å². The van der Waals surface area contributed by atoms with Crippen molar-refractivity contribution in [1.82, 2.24) is 9.88 Å². The highest BCUT2D eigenvalue weighted by Crippen LogP contribution is 2.36. The standard InChI is InChI=1S/C22H24N2O5S/c1-13-23-16-10-15(5-7-20(16)30-13)22(26)24-8-9-29-19(12-25)21(24)14-4-6-17(27-2)18(11-14)28-3/h4-7,10-11,19,21,25H,8-9,12H2,1-3H3/t19-,21-/m1/s1. The van der Waals surface area contributed by atoms with E-state index in [0.29, 0.717) is 30.2 Å². The Morgan fingerprint density at radius 2 is 2.03 bits per heavy atom. The Morgan fingerprint density at radius 3 is 2.77 bits per heavy atom. The predicted molar refractivity (Wildman–Crippen MR) is 115 cm³/mol. The summed E-state index contributed by atoms with van der Waals surface area (Å²) in [5, 5.41) is 10.9. The normalized spacial score (nSPS) is 19.1. The van der Waals surface area contributed by atoms with Crippen molar-refractivity contribution >= 4 is 27.5 Å². The summed E-state index contributed by atoms with van der Waals surface area (Å²) in [6, 6.07) is 10.6. The Labute approximate surface area is 178 Å². The lowest BCUT2D eigenvalue weighted by Gasteiger charge is -2.41. The molecule has 0 spiro atoms. The van der Waals surface area contributed by atoms with E-state index in [1.165, 1.54) is 0 Å². The molecule has 30 heavy (non-hydrogen) atoms. The van der Waals surface area contributed by atoms with Gasteiger partial charge in [-0.2, -0.15) is 0 Å². The molecular formula is C22H24N2O5S. The van der Waals surface area contributed by atoms with Gasteiger partial charge in [-0.25, -0.2) is 4.98 Å². The predicted octanol–water partition coefficient (Wildman–Crippen LogP) is 3.20.